The lowest BCUT2D eigenvalue weighted by Gasteiger charge is -2.16. The highest BCUT2D eigenvalue weighted by Crippen LogP contribution is 2.34. The van der Waals surface area contributed by atoms with Crippen LogP contribution in [0.4, 0.5) is 14.5 Å². The molecular weight excluding hydrogens is 406 g/mol. The maximum Gasteiger partial charge on any atom is 0.324 e. The fourth-order valence-electron chi connectivity index (χ4n) is 3.64. The average molecular weight is 430 g/mol. The smallest absolute Gasteiger partial charge is 0.321 e. The van der Waals surface area contributed by atoms with Gasteiger partial charge in [-0.25, -0.2) is 4.98 Å². The van der Waals surface area contributed by atoms with Crippen molar-refractivity contribution in [2.45, 2.75) is 32.1 Å². The molecule has 0 unspecified atom stereocenters. The van der Waals surface area contributed by atoms with E-state index in [4.69, 9.17) is 4.98 Å². The highest BCUT2D eigenvalue weighted by atomic mass is 19.3. The zero-order valence-corrected chi connectivity index (χ0v) is 17.8. The molecule has 0 fully saturated rings. The van der Waals surface area contributed by atoms with Crippen molar-refractivity contribution in [1.29, 1.82) is 0 Å². The lowest BCUT2D eigenvalue weighted by Crippen LogP contribution is -2.34. The van der Waals surface area contributed by atoms with Gasteiger partial charge in [-0.2, -0.15) is 8.78 Å². The van der Waals surface area contributed by atoms with Crippen molar-refractivity contribution in [1.82, 2.24) is 4.98 Å². The molecule has 0 spiro atoms. The van der Waals surface area contributed by atoms with Crippen LogP contribution in [0, 0.1) is 0 Å². The number of carbonyl (C=O) groups is 1. The van der Waals surface area contributed by atoms with E-state index in [0.717, 1.165) is 33.3 Å². The number of alkyl halides is 2. The molecule has 3 nitrogen and oxygen atoms in total. The van der Waals surface area contributed by atoms with E-state index < -0.39 is 18.3 Å². The van der Waals surface area contributed by atoms with E-state index in [2.05, 4.69) is 5.32 Å². The summed E-state index contributed by atoms with van der Waals surface area (Å²) in [6.45, 7) is 1.82. The summed E-state index contributed by atoms with van der Waals surface area (Å²) >= 11 is 0. The standard InChI is InChI=1S/C27H24F2N2O/c1-2-3-16-27(28,29)26(32)30-22-14-15-24-21(17-22)18-23(19-10-6-4-7-11-19)25(31-24)20-12-8-5-9-13-20/h4-15,17-18H,2-3,16H2,1H3,(H,30,32). The molecule has 32 heavy (non-hydrogen) atoms. The fourth-order valence-corrected chi connectivity index (χ4v) is 3.64. The maximum absolute atomic E-state index is 14.1. The normalized spacial score (nSPS) is 11.5. The number of unbranched alkanes of at least 4 members (excludes halogenated alkanes) is 1. The van der Waals surface area contributed by atoms with Crippen LogP contribution < -0.4 is 5.32 Å². The minimum absolute atomic E-state index is 0.296. The van der Waals surface area contributed by atoms with Crippen LogP contribution in [0.5, 0.6) is 0 Å². The Hall–Kier alpha value is -3.60. The summed E-state index contributed by atoms with van der Waals surface area (Å²) in [6.07, 6.45) is 0.449. The summed E-state index contributed by atoms with van der Waals surface area (Å²) in [7, 11) is 0. The first-order valence-electron chi connectivity index (χ1n) is 10.7. The monoisotopic (exact) mass is 430 g/mol. The van der Waals surface area contributed by atoms with Gasteiger partial charge in [0.1, 0.15) is 0 Å². The van der Waals surface area contributed by atoms with Gasteiger partial charge in [0.25, 0.3) is 5.91 Å². The van der Waals surface area contributed by atoms with Crippen molar-refractivity contribution in [3.63, 3.8) is 0 Å². The number of carbonyl (C=O) groups excluding carboxylic acids is 1. The summed E-state index contributed by atoms with van der Waals surface area (Å²) in [5.41, 5.74) is 4.81. The van der Waals surface area contributed by atoms with Crippen LogP contribution in [0.1, 0.15) is 26.2 Å². The number of pyridine rings is 1. The van der Waals surface area contributed by atoms with Crippen molar-refractivity contribution in [3.8, 4) is 22.4 Å². The Morgan fingerprint density at radius 1 is 0.906 bits per heavy atom. The third kappa shape index (κ3) is 4.67. The van der Waals surface area contributed by atoms with Crippen LogP contribution in [0.2, 0.25) is 0 Å². The average Bonchev–Trinajstić information content (AvgIpc) is 2.83. The summed E-state index contributed by atoms with van der Waals surface area (Å²) in [5, 5.41) is 3.13. The summed E-state index contributed by atoms with van der Waals surface area (Å²) in [6, 6.07) is 26.8. The first-order valence-corrected chi connectivity index (χ1v) is 10.7. The number of amides is 1. The summed E-state index contributed by atoms with van der Waals surface area (Å²) < 4.78 is 28.2. The predicted octanol–water partition coefficient (Wildman–Crippen LogP) is 7.33. The largest absolute Gasteiger partial charge is 0.324 e. The Labute approximate surface area is 186 Å². The van der Waals surface area contributed by atoms with Crippen LogP contribution >= 0.6 is 0 Å². The second-order valence-corrected chi connectivity index (χ2v) is 7.79. The summed E-state index contributed by atoms with van der Waals surface area (Å²) in [5.74, 6) is -4.67. The van der Waals surface area contributed by atoms with E-state index in [1.165, 1.54) is 0 Å². The predicted molar refractivity (Wildman–Crippen MR) is 126 cm³/mol. The van der Waals surface area contributed by atoms with E-state index in [1.54, 1.807) is 18.2 Å². The van der Waals surface area contributed by atoms with Crippen LogP contribution in [0.15, 0.2) is 84.9 Å². The van der Waals surface area contributed by atoms with E-state index in [9.17, 15) is 13.6 Å². The number of halogens is 2. The number of anilines is 1. The quantitative estimate of drug-likeness (QED) is 0.333. The second-order valence-electron chi connectivity index (χ2n) is 7.79. The van der Waals surface area contributed by atoms with Gasteiger partial charge in [-0.05, 0) is 36.2 Å². The van der Waals surface area contributed by atoms with Gasteiger partial charge in [0.05, 0.1) is 11.2 Å². The highest BCUT2D eigenvalue weighted by molar-refractivity contribution is 5.99. The molecule has 4 rings (SSSR count). The molecule has 5 heteroatoms. The van der Waals surface area contributed by atoms with Gasteiger partial charge in [-0.15, -0.1) is 0 Å². The molecular formula is C27H24F2N2O. The Balaban J connectivity index is 1.75. The third-order valence-electron chi connectivity index (χ3n) is 5.38. The first-order chi connectivity index (χ1) is 15.5. The van der Waals surface area contributed by atoms with Crippen molar-refractivity contribution >= 4 is 22.5 Å². The van der Waals surface area contributed by atoms with Crippen LogP contribution in [0.25, 0.3) is 33.3 Å². The van der Waals surface area contributed by atoms with Crippen molar-refractivity contribution in [2.75, 3.05) is 5.32 Å². The molecule has 1 amide bonds. The molecule has 0 aliphatic heterocycles. The molecule has 3 aromatic carbocycles. The van der Waals surface area contributed by atoms with E-state index in [1.807, 2.05) is 73.7 Å². The molecule has 0 aliphatic rings. The van der Waals surface area contributed by atoms with Gasteiger partial charge >= 0.3 is 5.92 Å². The molecule has 1 heterocycles. The van der Waals surface area contributed by atoms with Gasteiger partial charge in [0.2, 0.25) is 0 Å². The Morgan fingerprint density at radius 2 is 1.56 bits per heavy atom. The fraction of sp³-hybridized carbons (Fsp3) is 0.185. The number of rotatable bonds is 7. The zero-order chi connectivity index (χ0) is 22.6. The topological polar surface area (TPSA) is 42.0 Å². The van der Waals surface area contributed by atoms with Gasteiger partial charge in [0, 0.05) is 28.6 Å². The Morgan fingerprint density at radius 3 is 2.22 bits per heavy atom. The molecule has 1 aromatic heterocycles. The molecule has 0 atom stereocenters. The number of hydrogen-bond acceptors (Lipinski definition) is 2. The van der Waals surface area contributed by atoms with Crippen molar-refractivity contribution < 1.29 is 13.6 Å². The number of nitrogens with zero attached hydrogens (tertiary/aromatic N) is 1. The second kappa shape index (κ2) is 9.27. The molecule has 162 valence electrons. The van der Waals surface area contributed by atoms with E-state index in [-0.39, 0.29) is 0 Å². The van der Waals surface area contributed by atoms with Gasteiger partial charge < -0.3 is 5.32 Å². The van der Waals surface area contributed by atoms with Crippen LogP contribution in [-0.4, -0.2) is 16.8 Å². The zero-order valence-electron chi connectivity index (χ0n) is 17.8. The first kappa shape index (κ1) is 21.6. The minimum Gasteiger partial charge on any atom is -0.321 e. The van der Waals surface area contributed by atoms with Crippen LogP contribution in [-0.2, 0) is 4.79 Å². The molecule has 0 bridgehead atoms. The number of hydrogen-bond donors (Lipinski definition) is 1. The molecule has 0 aliphatic carbocycles. The SMILES string of the molecule is CCCCC(F)(F)C(=O)Nc1ccc2nc(-c3ccccc3)c(-c3ccccc3)cc2c1. The molecule has 4 aromatic rings. The van der Waals surface area contributed by atoms with Gasteiger partial charge in [-0.3, -0.25) is 4.79 Å². The summed E-state index contributed by atoms with van der Waals surface area (Å²) in [4.78, 5) is 17.0. The van der Waals surface area contributed by atoms with Crippen molar-refractivity contribution in [2.24, 2.45) is 0 Å². The molecule has 0 saturated carbocycles. The lowest BCUT2D eigenvalue weighted by molar-refractivity contribution is -0.140. The Kier molecular flexibility index (Phi) is 6.26. The number of nitrogens with one attached hydrogen (secondary N) is 1. The molecule has 1 N–H and O–H groups in total. The van der Waals surface area contributed by atoms with E-state index in [0.29, 0.717) is 18.5 Å². The van der Waals surface area contributed by atoms with Gasteiger partial charge in [0.15, 0.2) is 0 Å². The van der Waals surface area contributed by atoms with Crippen LogP contribution in [0.3, 0.4) is 0 Å². The number of benzene rings is 3. The van der Waals surface area contributed by atoms with E-state index >= 15 is 0 Å². The number of aromatic nitrogens is 1. The van der Waals surface area contributed by atoms with Gasteiger partial charge in [-0.1, -0.05) is 74.0 Å². The maximum atomic E-state index is 14.1. The van der Waals surface area contributed by atoms with Crippen molar-refractivity contribution in [3.05, 3.63) is 84.9 Å². The highest BCUT2D eigenvalue weighted by Gasteiger charge is 2.37. The third-order valence-corrected chi connectivity index (χ3v) is 5.38. The minimum atomic E-state index is -3.39. The number of fused-ring (bicyclic) bond motifs is 1. The molecule has 0 radical (unpaired) electrons. The Bertz CT molecular complexity index is 1220. The molecule has 0 saturated heterocycles. The lowest BCUT2D eigenvalue weighted by atomic mass is 9.97.